The number of aryl methyl sites for hydroxylation is 1. The molecule has 0 spiro atoms. The van der Waals surface area contributed by atoms with Crippen molar-refractivity contribution in [3.63, 3.8) is 0 Å². The zero-order chi connectivity index (χ0) is 20.7. The third-order valence-corrected chi connectivity index (χ3v) is 3.52. The van der Waals surface area contributed by atoms with Gasteiger partial charge in [-0.3, -0.25) is 14.9 Å². The Hall–Kier alpha value is -4.19. The van der Waals surface area contributed by atoms with Crippen LogP contribution in [0.25, 0.3) is 6.08 Å². The lowest BCUT2D eigenvalue weighted by Crippen LogP contribution is -2.14. The number of aliphatic carboxylic acids is 1. The van der Waals surface area contributed by atoms with Gasteiger partial charge in [-0.15, -0.1) is 0 Å². The molecule has 0 atom stereocenters. The van der Waals surface area contributed by atoms with Crippen molar-refractivity contribution in [1.82, 2.24) is 0 Å². The molecule has 0 aliphatic heterocycles. The maximum atomic E-state index is 12.3. The van der Waals surface area contributed by atoms with Crippen molar-refractivity contribution < 1.29 is 24.4 Å². The summed E-state index contributed by atoms with van der Waals surface area (Å²) < 4.78 is 5.00. The molecule has 142 valence electrons. The largest absolute Gasteiger partial charge is 0.482 e. The lowest BCUT2D eigenvalue weighted by molar-refractivity contribution is -0.384. The van der Waals surface area contributed by atoms with E-state index in [4.69, 9.17) is 9.84 Å². The van der Waals surface area contributed by atoms with E-state index in [2.05, 4.69) is 5.32 Å². The summed E-state index contributed by atoms with van der Waals surface area (Å²) in [4.78, 5) is 33.3. The van der Waals surface area contributed by atoms with E-state index >= 15 is 0 Å². The first-order valence-electron chi connectivity index (χ1n) is 7.93. The predicted molar refractivity (Wildman–Crippen MR) is 99.6 cm³/mol. The number of carbonyl (C=O) groups is 2. The number of anilines is 1. The number of rotatable bonds is 7. The minimum atomic E-state index is -1.11. The summed E-state index contributed by atoms with van der Waals surface area (Å²) in [7, 11) is 0. The fraction of sp³-hybridized carbons (Fsp3) is 0.105. The van der Waals surface area contributed by atoms with Gasteiger partial charge < -0.3 is 15.2 Å². The van der Waals surface area contributed by atoms with Gasteiger partial charge in [0, 0.05) is 6.07 Å². The average molecular weight is 381 g/mol. The molecule has 9 heteroatoms. The Labute approximate surface area is 159 Å². The molecule has 2 rings (SSSR count). The summed E-state index contributed by atoms with van der Waals surface area (Å²) in [6.07, 6.45) is 1.30. The summed E-state index contributed by atoms with van der Waals surface area (Å²) in [6.45, 7) is 1.19. The van der Waals surface area contributed by atoms with Crippen LogP contribution >= 0.6 is 0 Å². The Bertz CT molecular complexity index is 990. The number of nitro groups is 1. The maximum Gasteiger partial charge on any atom is 0.341 e. The number of ether oxygens (including phenoxy) is 1. The highest BCUT2D eigenvalue weighted by Crippen LogP contribution is 2.26. The lowest BCUT2D eigenvalue weighted by Gasteiger charge is -2.06. The van der Waals surface area contributed by atoms with Gasteiger partial charge in [0.25, 0.3) is 11.6 Å². The Morgan fingerprint density at radius 2 is 1.96 bits per heavy atom. The van der Waals surface area contributed by atoms with Crippen molar-refractivity contribution in [2.24, 2.45) is 0 Å². The van der Waals surface area contributed by atoms with Crippen LogP contribution in [0, 0.1) is 28.4 Å². The van der Waals surface area contributed by atoms with Gasteiger partial charge in [-0.1, -0.05) is 18.2 Å². The fourth-order valence-electron chi connectivity index (χ4n) is 2.21. The molecule has 0 heterocycles. The van der Waals surface area contributed by atoms with Crippen molar-refractivity contribution in [2.75, 3.05) is 11.9 Å². The van der Waals surface area contributed by atoms with Gasteiger partial charge in [-0.25, -0.2) is 4.79 Å². The van der Waals surface area contributed by atoms with Crippen LogP contribution in [0.15, 0.2) is 48.0 Å². The monoisotopic (exact) mass is 381 g/mol. The third-order valence-electron chi connectivity index (χ3n) is 3.52. The molecule has 0 bridgehead atoms. The Morgan fingerprint density at radius 1 is 1.29 bits per heavy atom. The topological polar surface area (TPSA) is 143 Å². The van der Waals surface area contributed by atoms with Gasteiger partial charge >= 0.3 is 5.97 Å². The van der Waals surface area contributed by atoms with Crippen LogP contribution < -0.4 is 10.1 Å². The number of carboxylic acids is 1. The van der Waals surface area contributed by atoms with Crippen LogP contribution in [0.4, 0.5) is 11.4 Å². The highest BCUT2D eigenvalue weighted by atomic mass is 16.6. The molecular weight excluding hydrogens is 366 g/mol. The Morgan fingerprint density at radius 3 is 2.54 bits per heavy atom. The van der Waals surface area contributed by atoms with E-state index in [1.807, 2.05) is 0 Å². The number of benzene rings is 2. The normalized spacial score (nSPS) is 10.6. The van der Waals surface area contributed by atoms with Gasteiger partial charge in [0.05, 0.1) is 4.92 Å². The second-order valence-corrected chi connectivity index (χ2v) is 5.65. The van der Waals surface area contributed by atoms with Gasteiger partial charge in [-0.2, -0.15) is 5.26 Å². The standard InChI is InChI=1S/C19H15N3O6/c1-12-2-7-16(17(8-12)22(26)27)21-19(25)14(10-20)9-13-3-5-15(6-4-13)28-11-18(23)24/h2-9H,11H2,1H3,(H,21,25)(H,23,24). The van der Waals surface area contributed by atoms with E-state index in [9.17, 15) is 25.0 Å². The molecule has 0 saturated heterocycles. The molecule has 0 radical (unpaired) electrons. The van der Waals surface area contributed by atoms with Gasteiger partial charge in [-0.05, 0) is 42.3 Å². The van der Waals surface area contributed by atoms with E-state index < -0.39 is 23.4 Å². The molecule has 2 aromatic carbocycles. The summed E-state index contributed by atoms with van der Waals surface area (Å²) in [5.41, 5.74) is 0.609. The minimum Gasteiger partial charge on any atom is -0.482 e. The molecule has 0 aromatic heterocycles. The molecule has 0 aliphatic carbocycles. The molecule has 0 unspecified atom stereocenters. The number of nitro benzene ring substituents is 1. The zero-order valence-electron chi connectivity index (χ0n) is 14.7. The van der Waals surface area contributed by atoms with E-state index in [0.29, 0.717) is 16.9 Å². The summed E-state index contributed by atoms with van der Waals surface area (Å²) in [6, 6.07) is 12.1. The highest BCUT2D eigenvalue weighted by molar-refractivity contribution is 6.10. The number of hydrogen-bond donors (Lipinski definition) is 2. The zero-order valence-corrected chi connectivity index (χ0v) is 14.7. The highest BCUT2D eigenvalue weighted by Gasteiger charge is 2.18. The van der Waals surface area contributed by atoms with Crippen LogP contribution in [-0.2, 0) is 9.59 Å². The first kappa shape index (κ1) is 20.1. The fourth-order valence-corrected chi connectivity index (χ4v) is 2.21. The van der Waals surface area contributed by atoms with Gasteiger partial charge in [0.1, 0.15) is 23.1 Å². The van der Waals surface area contributed by atoms with Crippen LogP contribution in [0.1, 0.15) is 11.1 Å². The van der Waals surface area contributed by atoms with Gasteiger partial charge in [0.2, 0.25) is 0 Å². The predicted octanol–water partition coefficient (Wildman–Crippen LogP) is 2.91. The molecule has 0 saturated carbocycles. The number of nitrogens with zero attached hydrogens (tertiary/aromatic N) is 2. The summed E-state index contributed by atoms with van der Waals surface area (Å²) >= 11 is 0. The second kappa shape index (κ2) is 8.95. The van der Waals surface area contributed by atoms with Crippen LogP contribution in [0.2, 0.25) is 0 Å². The summed E-state index contributed by atoms with van der Waals surface area (Å²) in [5.74, 6) is -1.59. The van der Waals surface area contributed by atoms with Crippen molar-refractivity contribution in [3.05, 3.63) is 69.3 Å². The van der Waals surface area contributed by atoms with E-state index in [1.165, 1.54) is 42.5 Å². The molecule has 28 heavy (non-hydrogen) atoms. The SMILES string of the molecule is Cc1ccc(NC(=O)C(C#N)=Cc2ccc(OCC(=O)O)cc2)c([N+](=O)[O-])c1. The van der Waals surface area contributed by atoms with Crippen LogP contribution in [-0.4, -0.2) is 28.5 Å². The van der Waals surface area contributed by atoms with Gasteiger partial charge in [0.15, 0.2) is 6.61 Å². The number of amides is 1. The average Bonchev–Trinajstić information content (AvgIpc) is 2.66. The van der Waals surface area contributed by atoms with Crippen molar-refractivity contribution in [1.29, 1.82) is 5.26 Å². The van der Waals surface area contributed by atoms with E-state index in [1.54, 1.807) is 19.1 Å². The number of carboxylic acid groups (broad SMARTS) is 1. The third kappa shape index (κ3) is 5.40. The van der Waals surface area contributed by atoms with Crippen molar-refractivity contribution in [2.45, 2.75) is 6.92 Å². The molecule has 2 aromatic rings. The minimum absolute atomic E-state index is 0.0147. The maximum absolute atomic E-state index is 12.3. The molecule has 2 N–H and O–H groups in total. The smallest absolute Gasteiger partial charge is 0.341 e. The molecule has 0 aliphatic rings. The summed E-state index contributed by atoms with van der Waals surface area (Å²) in [5, 5.41) is 31.3. The van der Waals surface area contributed by atoms with E-state index in [-0.39, 0.29) is 16.9 Å². The molecule has 0 fully saturated rings. The molecule has 1 amide bonds. The number of hydrogen-bond acceptors (Lipinski definition) is 6. The van der Waals surface area contributed by atoms with Crippen LogP contribution in [0.5, 0.6) is 5.75 Å². The number of carbonyl (C=O) groups excluding carboxylic acids is 1. The number of nitriles is 1. The van der Waals surface area contributed by atoms with Crippen molar-refractivity contribution >= 4 is 29.3 Å². The van der Waals surface area contributed by atoms with Crippen molar-refractivity contribution in [3.8, 4) is 11.8 Å². The first-order valence-corrected chi connectivity index (χ1v) is 7.93. The first-order chi connectivity index (χ1) is 13.3. The lowest BCUT2D eigenvalue weighted by atomic mass is 10.1. The van der Waals surface area contributed by atoms with E-state index in [0.717, 1.165) is 0 Å². The molecule has 9 nitrogen and oxygen atoms in total. The van der Waals surface area contributed by atoms with Crippen LogP contribution in [0.3, 0.4) is 0 Å². The Kier molecular flexibility index (Phi) is 6.44. The Balaban J connectivity index is 2.19. The second-order valence-electron chi connectivity index (χ2n) is 5.65. The number of nitrogens with one attached hydrogen (secondary N) is 1. The quantitative estimate of drug-likeness (QED) is 0.325. The molecular formula is C19H15N3O6.